The van der Waals surface area contributed by atoms with Gasteiger partial charge in [0.2, 0.25) is 0 Å². The van der Waals surface area contributed by atoms with E-state index in [-0.39, 0.29) is 5.91 Å². The van der Waals surface area contributed by atoms with Crippen LogP contribution in [0.1, 0.15) is 12.5 Å². The number of hydrogen-bond donors (Lipinski definition) is 1. The molecule has 110 valence electrons. The van der Waals surface area contributed by atoms with E-state index in [1.54, 1.807) is 13.0 Å². The van der Waals surface area contributed by atoms with Crippen LogP contribution in [0.5, 0.6) is 0 Å². The second-order valence-corrected chi connectivity index (χ2v) is 5.07. The van der Waals surface area contributed by atoms with Crippen molar-refractivity contribution in [2.24, 2.45) is 0 Å². The van der Waals surface area contributed by atoms with Crippen molar-refractivity contribution in [3.63, 3.8) is 0 Å². The molecule has 0 aromatic heterocycles. The van der Waals surface area contributed by atoms with Crippen LogP contribution in [-0.2, 0) is 14.3 Å². The molecule has 4 heteroatoms. The van der Waals surface area contributed by atoms with E-state index in [2.05, 4.69) is 5.32 Å². The highest BCUT2D eigenvalue weighted by molar-refractivity contribution is 6.17. The molecule has 1 amide bonds. The van der Waals surface area contributed by atoms with Gasteiger partial charge in [-0.15, -0.1) is 0 Å². The van der Waals surface area contributed by atoms with Gasteiger partial charge in [0.25, 0.3) is 5.91 Å². The molecule has 0 saturated heterocycles. The lowest BCUT2D eigenvalue weighted by molar-refractivity contribution is -0.136. The summed E-state index contributed by atoms with van der Waals surface area (Å²) in [5, 5.41) is 4.78. The number of methoxy groups -OCH3 is 1. The molecule has 0 radical (unpaired) electrons. The summed E-state index contributed by atoms with van der Waals surface area (Å²) in [7, 11) is 1.31. The van der Waals surface area contributed by atoms with E-state index in [1.165, 1.54) is 7.11 Å². The van der Waals surface area contributed by atoms with Crippen molar-refractivity contribution >= 4 is 28.7 Å². The third kappa shape index (κ3) is 2.29. The molecule has 1 N–H and O–H groups in total. The van der Waals surface area contributed by atoms with E-state index >= 15 is 0 Å². The standard InChI is InChI=1S/C18H15NO3/c1-11-16(18(21)22-2)15(17(20)19-11)10-13-8-5-7-12-6-3-4-9-14(12)13/h3-10H,1-2H3,(H,19,20). The molecule has 4 nitrogen and oxygen atoms in total. The summed E-state index contributed by atoms with van der Waals surface area (Å²) in [6, 6.07) is 13.8. The maximum Gasteiger partial charge on any atom is 0.340 e. The second-order valence-electron chi connectivity index (χ2n) is 5.07. The van der Waals surface area contributed by atoms with Gasteiger partial charge in [0.15, 0.2) is 0 Å². The third-order valence-corrected chi connectivity index (χ3v) is 3.70. The van der Waals surface area contributed by atoms with Gasteiger partial charge in [-0.2, -0.15) is 0 Å². The topological polar surface area (TPSA) is 55.4 Å². The number of allylic oxidation sites excluding steroid dienone is 1. The Balaban J connectivity index is 2.17. The average molecular weight is 293 g/mol. The van der Waals surface area contributed by atoms with Crippen LogP contribution in [0.15, 0.2) is 59.3 Å². The predicted molar refractivity (Wildman–Crippen MR) is 84.8 cm³/mol. The summed E-state index contributed by atoms with van der Waals surface area (Å²) in [5.41, 5.74) is 2.03. The van der Waals surface area contributed by atoms with Crippen molar-refractivity contribution in [1.82, 2.24) is 5.32 Å². The van der Waals surface area contributed by atoms with Crippen LogP contribution in [-0.4, -0.2) is 19.0 Å². The first-order chi connectivity index (χ1) is 10.6. The molecule has 0 fully saturated rings. The number of fused-ring (bicyclic) bond motifs is 1. The summed E-state index contributed by atoms with van der Waals surface area (Å²) < 4.78 is 4.78. The fraction of sp³-hybridized carbons (Fsp3) is 0.111. The predicted octanol–water partition coefficient (Wildman–Crippen LogP) is 2.80. The number of esters is 1. The minimum atomic E-state index is -0.512. The first-order valence-corrected chi connectivity index (χ1v) is 6.92. The molecule has 22 heavy (non-hydrogen) atoms. The van der Waals surface area contributed by atoms with Gasteiger partial charge in [-0.25, -0.2) is 4.79 Å². The lowest BCUT2D eigenvalue weighted by atomic mass is 9.99. The Labute approximate surface area is 128 Å². The Kier molecular flexibility index (Phi) is 3.51. The average Bonchev–Trinajstić information content (AvgIpc) is 2.81. The smallest absolute Gasteiger partial charge is 0.340 e. The molecule has 0 spiro atoms. The molecular formula is C18H15NO3. The zero-order valence-corrected chi connectivity index (χ0v) is 12.3. The summed E-state index contributed by atoms with van der Waals surface area (Å²) in [4.78, 5) is 24.0. The van der Waals surface area contributed by atoms with E-state index in [1.807, 2.05) is 42.5 Å². The Morgan fingerprint density at radius 1 is 1.14 bits per heavy atom. The van der Waals surface area contributed by atoms with Crippen LogP contribution in [0.25, 0.3) is 16.8 Å². The molecular weight excluding hydrogens is 278 g/mol. The van der Waals surface area contributed by atoms with Gasteiger partial charge < -0.3 is 10.1 Å². The van der Waals surface area contributed by atoms with Crippen LogP contribution in [0.2, 0.25) is 0 Å². The van der Waals surface area contributed by atoms with Crippen molar-refractivity contribution in [2.75, 3.05) is 7.11 Å². The van der Waals surface area contributed by atoms with Crippen molar-refractivity contribution < 1.29 is 14.3 Å². The number of rotatable bonds is 2. The van der Waals surface area contributed by atoms with Crippen molar-refractivity contribution in [1.29, 1.82) is 0 Å². The van der Waals surface area contributed by atoms with Crippen LogP contribution >= 0.6 is 0 Å². The molecule has 3 rings (SSSR count). The molecule has 0 atom stereocenters. The highest BCUT2D eigenvalue weighted by Crippen LogP contribution is 2.27. The molecule has 1 heterocycles. The van der Waals surface area contributed by atoms with Crippen molar-refractivity contribution in [3.8, 4) is 0 Å². The minimum Gasteiger partial charge on any atom is -0.465 e. The molecule has 1 aliphatic rings. The van der Waals surface area contributed by atoms with Gasteiger partial charge in [-0.05, 0) is 29.3 Å². The van der Waals surface area contributed by atoms with Gasteiger partial charge in [0, 0.05) is 5.70 Å². The van der Waals surface area contributed by atoms with E-state index in [9.17, 15) is 9.59 Å². The number of hydrogen-bond acceptors (Lipinski definition) is 3. The third-order valence-electron chi connectivity index (χ3n) is 3.70. The molecule has 0 saturated carbocycles. The van der Waals surface area contributed by atoms with E-state index in [0.717, 1.165) is 16.3 Å². The number of carbonyl (C=O) groups excluding carboxylic acids is 2. The number of benzene rings is 2. The molecule has 0 bridgehead atoms. The first kappa shape index (κ1) is 14.1. The molecule has 2 aromatic carbocycles. The fourth-order valence-corrected chi connectivity index (χ4v) is 2.65. The first-order valence-electron chi connectivity index (χ1n) is 6.92. The molecule has 1 aliphatic heterocycles. The highest BCUT2D eigenvalue weighted by Gasteiger charge is 2.30. The Morgan fingerprint density at radius 3 is 2.64 bits per heavy atom. The lowest BCUT2D eigenvalue weighted by Gasteiger charge is -2.05. The van der Waals surface area contributed by atoms with Crippen LogP contribution in [0.3, 0.4) is 0 Å². The van der Waals surface area contributed by atoms with Gasteiger partial charge in [-0.3, -0.25) is 4.79 Å². The second kappa shape index (κ2) is 5.48. The fourth-order valence-electron chi connectivity index (χ4n) is 2.65. The number of ether oxygens (including phenoxy) is 1. The summed E-state index contributed by atoms with van der Waals surface area (Å²) >= 11 is 0. The molecule has 2 aromatic rings. The zero-order chi connectivity index (χ0) is 15.7. The minimum absolute atomic E-state index is 0.286. The van der Waals surface area contributed by atoms with Crippen molar-refractivity contribution in [3.05, 3.63) is 64.9 Å². The quantitative estimate of drug-likeness (QED) is 0.684. The maximum absolute atomic E-state index is 12.1. The summed E-state index contributed by atoms with van der Waals surface area (Å²) in [5.74, 6) is -0.798. The highest BCUT2D eigenvalue weighted by atomic mass is 16.5. The van der Waals surface area contributed by atoms with E-state index < -0.39 is 5.97 Å². The number of nitrogens with one attached hydrogen (secondary N) is 1. The van der Waals surface area contributed by atoms with Gasteiger partial charge >= 0.3 is 5.97 Å². The largest absolute Gasteiger partial charge is 0.465 e. The lowest BCUT2D eigenvalue weighted by Crippen LogP contribution is -2.15. The van der Waals surface area contributed by atoms with Gasteiger partial charge in [0.1, 0.15) is 0 Å². The SMILES string of the molecule is COC(=O)C1=C(C)NC(=O)C1=Cc1cccc2ccccc12. The van der Waals surface area contributed by atoms with Gasteiger partial charge in [0.05, 0.1) is 18.3 Å². The Morgan fingerprint density at radius 2 is 1.86 bits per heavy atom. The van der Waals surface area contributed by atoms with E-state index in [0.29, 0.717) is 16.8 Å². The Bertz CT molecular complexity index is 841. The number of amides is 1. The molecule has 0 unspecified atom stereocenters. The maximum atomic E-state index is 12.1. The van der Waals surface area contributed by atoms with Gasteiger partial charge in [-0.1, -0.05) is 42.5 Å². The van der Waals surface area contributed by atoms with Crippen LogP contribution in [0.4, 0.5) is 0 Å². The number of carbonyl (C=O) groups is 2. The van der Waals surface area contributed by atoms with Crippen LogP contribution in [0, 0.1) is 0 Å². The normalized spacial score (nSPS) is 16.3. The summed E-state index contributed by atoms with van der Waals surface area (Å²) in [6.07, 6.45) is 1.74. The van der Waals surface area contributed by atoms with Crippen LogP contribution < -0.4 is 5.32 Å². The summed E-state index contributed by atoms with van der Waals surface area (Å²) in [6.45, 7) is 1.69. The Hall–Kier alpha value is -2.88. The van der Waals surface area contributed by atoms with E-state index in [4.69, 9.17) is 4.74 Å². The monoisotopic (exact) mass is 293 g/mol. The van der Waals surface area contributed by atoms with Crippen molar-refractivity contribution in [2.45, 2.75) is 6.92 Å². The zero-order valence-electron chi connectivity index (χ0n) is 12.3. The molecule has 0 aliphatic carbocycles.